The smallest absolute Gasteiger partial charge is 0.329 e. The first kappa shape index (κ1) is 12.0. The highest BCUT2D eigenvalue weighted by Gasteiger charge is 2.49. The number of imide groups is 1. The Balaban J connectivity index is 1.83. The van der Waals surface area contributed by atoms with E-state index in [1.165, 1.54) is 4.90 Å². The minimum absolute atomic E-state index is 0.0865. The lowest BCUT2D eigenvalue weighted by Crippen LogP contribution is -2.35. The van der Waals surface area contributed by atoms with E-state index in [9.17, 15) is 14.4 Å². The summed E-state index contributed by atoms with van der Waals surface area (Å²) in [4.78, 5) is 35.1. The molecule has 1 aliphatic heterocycles. The van der Waals surface area contributed by atoms with Gasteiger partial charge in [0.1, 0.15) is 6.61 Å². The second kappa shape index (κ2) is 4.83. The number of carbonyl (C=O) groups excluding carboxylic acids is 2. The quantitative estimate of drug-likeness (QED) is 0.535. The Labute approximate surface area is 98.5 Å². The van der Waals surface area contributed by atoms with Crippen molar-refractivity contribution in [3.8, 4) is 0 Å². The molecule has 2 aliphatic rings. The summed E-state index contributed by atoms with van der Waals surface area (Å²) >= 11 is 0. The normalized spacial score (nSPS) is 27.6. The summed E-state index contributed by atoms with van der Waals surface area (Å²) in [6.45, 7) is -0.149. The third-order valence-electron chi connectivity index (χ3n) is 3.37. The van der Waals surface area contributed by atoms with Gasteiger partial charge in [-0.15, -0.1) is 0 Å². The minimum Gasteiger partial charge on any atom is -0.480 e. The maximum absolute atomic E-state index is 11.9. The van der Waals surface area contributed by atoms with Crippen LogP contribution >= 0.6 is 0 Å². The highest BCUT2D eigenvalue weighted by molar-refractivity contribution is 6.05. The molecule has 0 aromatic carbocycles. The van der Waals surface area contributed by atoms with Crippen LogP contribution < -0.4 is 0 Å². The number of amides is 2. The van der Waals surface area contributed by atoms with E-state index in [0.717, 1.165) is 19.3 Å². The van der Waals surface area contributed by atoms with Crippen LogP contribution in [-0.2, 0) is 19.1 Å². The van der Waals surface area contributed by atoms with Gasteiger partial charge < -0.3 is 9.84 Å². The second-order valence-electron chi connectivity index (χ2n) is 4.42. The van der Waals surface area contributed by atoms with Gasteiger partial charge >= 0.3 is 5.97 Å². The molecule has 94 valence electrons. The Morgan fingerprint density at radius 2 is 1.88 bits per heavy atom. The summed E-state index contributed by atoms with van der Waals surface area (Å²) < 4.78 is 4.83. The summed E-state index contributed by atoms with van der Waals surface area (Å²) in [6.07, 6.45) is 2.53. The van der Waals surface area contributed by atoms with Gasteiger partial charge in [0.25, 0.3) is 0 Å². The maximum atomic E-state index is 11.9. The van der Waals surface area contributed by atoms with Gasteiger partial charge in [-0.1, -0.05) is 6.42 Å². The van der Waals surface area contributed by atoms with Crippen LogP contribution in [0.5, 0.6) is 0 Å². The van der Waals surface area contributed by atoms with Gasteiger partial charge in [0, 0.05) is 0 Å². The van der Waals surface area contributed by atoms with Crippen LogP contribution in [0.3, 0.4) is 0 Å². The number of hydrogen-bond donors (Lipinski definition) is 1. The first-order chi connectivity index (χ1) is 8.11. The molecule has 0 radical (unpaired) electrons. The fraction of sp³-hybridized carbons (Fsp3) is 0.727. The van der Waals surface area contributed by atoms with E-state index in [2.05, 4.69) is 0 Å². The van der Waals surface area contributed by atoms with Crippen LogP contribution in [0.15, 0.2) is 0 Å². The van der Waals surface area contributed by atoms with Crippen LogP contribution in [0.1, 0.15) is 19.3 Å². The Bertz CT molecular complexity index is 332. The van der Waals surface area contributed by atoms with Crippen LogP contribution in [0.2, 0.25) is 0 Å². The first-order valence-corrected chi connectivity index (χ1v) is 5.76. The van der Waals surface area contributed by atoms with Crippen molar-refractivity contribution in [1.82, 2.24) is 4.90 Å². The van der Waals surface area contributed by atoms with Gasteiger partial charge in [0.05, 0.1) is 25.0 Å². The highest BCUT2D eigenvalue weighted by Crippen LogP contribution is 2.39. The summed E-state index contributed by atoms with van der Waals surface area (Å²) in [7, 11) is 0. The Kier molecular flexibility index (Phi) is 3.42. The van der Waals surface area contributed by atoms with Crippen molar-refractivity contribution in [1.29, 1.82) is 0 Å². The van der Waals surface area contributed by atoms with Crippen molar-refractivity contribution in [2.24, 2.45) is 11.8 Å². The zero-order valence-electron chi connectivity index (χ0n) is 9.42. The molecule has 1 heterocycles. The molecule has 6 heteroatoms. The Hall–Kier alpha value is -1.43. The number of rotatable bonds is 5. The summed E-state index contributed by atoms with van der Waals surface area (Å²) in [5.74, 6) is -1.56. The van der Waals surface area contributed by atoms with E-state index in [0.29, 0.717) is 0 Å². The number of ether oxygens (including phenoxy) is 1. The van der Waals surface area contributed by atoms with Gasteiger partial charge in [0.2, 0.25) is 11.8 Å². The predicted octanol–water partition coefficient (Wildman–Crippen LogP) is -0.127. The number of carboxylic acids is 1. The van der Waals surface area contributed by atoms with E-state index >= 15 is 0 Å². The molecule has 6 nitrogen and oxygen atoms in total. The molecule has 1 aliphatic carbocycles. The lowest BCUT2D eigenvalue weighted by atomic mass is 10.00. The number of likely N-dealkylation sites (tertiary alicyclic amines) is 1. The predicted molar refractivity (Wildman–Crippen MR) is 56.0 cm³/mol. The SMILES string of the molecule is O=C(O)COCCN1C(=O)C2CCCC2C1=O. The standard InChI is InChI=1S/C11H15NO5/c13-9(14)6-17-5-4-12-10(15)7-2-1-3-8(7)11(12)16/h7-8H,1-6H2,(H,13,14). The topological polar surface area (TPSA) is 83.9 Å². The third kappa shape index (κ3) is 2.31. The highest BCUT2D eigenvalue weighted by atomic mass is 16.5. The number of fused-ring (bicyclic) bond motifs is 1. The third-order valence-corrected chi connectivity index (χ3v) is 3.37. The van der Waals surface area contributed by atoms with Crippen LogP contribution in [0.4, 0.5) is 0 Å². The van der Waals surface area contributed by atoms with Crippen LogP contribution in [0.25, 0.3) is 0 Å². The Morgan fingerprint density at radius 3 is 2.41 bits per heavy atom. The molecule has 1 saturated carbocycles. The number of nitrogens with zero attached hydrogens (tertiary/aromatic N) is 1. The maximum Gasteiger partial charge on any atom is 0.329 e. The molecule has 2 rings (SSSR count). The molecule has 17 heavy (non-hydrogen) atoms. The van der Waals surface area contributed by atoms with Crippen molar-refractivity contribution in [3.05, 3.63) is 0 Å². The largest absolute Gasteiger partial charge is 0.480 e. The lowest BCUT2D eigenvalue weighted by Gasteiger charge is -2.15. The summed E-state index contributed by atoms with van der Waals surface area (Å²) in [5.41, 5.74) is 0. The van der Waals surface area contributed by atoms with E-state index in [1.54, 1.807) is 0 Å². The minimum atomic E-state index is -1.05. The molecule has 2 amide bonds. The summed E-state index contributed by atoms with van der Waals surface area (Å²) in [6, 6.07) is 0. The Morgan fingerprint density at radius 1 is 1.29 bits per heavy atom. The van der Waals surface area contributed by atoms with E-state index in [1.807, 2.05) is 0 Å². The number of carboxylic acid groups (broad SMARTS) is 1. The van der Waals surface area contributed by atoms with Gasteiger partial charge in [-0.05, 0) is 12.8 Å². The van der Waals surface area contributed by atoms with Gasteiger partial charge in [-0.3, -0.25) is 14.5 Å². The molecule has 2 atom stereocenters. The lowest BCUT2D eigenvalue weighted by molar-refractivity contribution is -0.143. The number of carbonyl (C=O) groups is 3. The van der Waals surface area contributed by atoms with Crippen molar-refractivity contribution >= 4 is 17.8 Å². The van der Waals surface area contributed by atoms with Crippen LogP contribution in [-0.4, -0.2) is 47.5 Å². The molecular formula is C11H15NO5. The number of aliphatic carboxylic acids is 1. The second-order valence-corrected chi connectivity index (χ2v) is 4.42. The van der Waals surface area contributed by atoms with E-state index in [4.69, 9.17) is 9.84 Å². The molecule has 1 N–H and O–H groups in total. The monoisotopic (exact) mass is 241 g/mol. The first-order valence-electron chi connectivity index (χ1n) is 5.76. The van der Waals surface area contributed by atoms with Gasteiger partial charge in [-0.25, -0.2) is 4.79 Å². The van der Waals surface area contributed by atoms with E-state index < -0.39 is 12.6 Å². The molecule has 0 spiro atoms. The number of hydrogen-bond acceptors (Lipinski definition) is 4. The molecular weight excluding hydrogens is 226 g/mol. The van der Waals surface area contributed by atoms with E-state index in [-0.39, 0.29) is 36.8 Å². The van der Waals surface area contributed by atoms with Gasteiger partial charge in [-0.2, -0.15) is 0 Å². The van der Waals surface area contributed by atoms with Crippen molar-refractivity contribution < 1.29 is 24.2 Å². The summed E-state index contributed by atoms with van der Waals surface area (Å²) in [5, 5.41) is 8.37. The average molecular weight is 241 g/mol. The molecule has 0 bridgehead atoms. The van der Waals surface area contributed by atoms with Gasteiger partial charge in [0.15, 0.2) is 0 Å². The fourth-order valence-corrected chi connectivity index (χ4v) is 2.60. The molecule has 2 fully saturated rings. The zero-order chi connectivity index (χ0) is 12.4. The average Bonchev–Trinajstić information content (AvgIpc) is 2.82. The van der Waals surface area contributed by atoms with Crippen molar-refractivity contribution in [3.63, 3.8) is 0 Å². The van der Waals surface area contributed by atoms with Crippen molar-refractivity contribution in [2.75, 3.05) is 19.8 Å². The fourth-order valence-electron chi connectivity index (χ4n) is 2.60. The molecule has 2 unspecified atom stereocenters. The molecule has 1 saturated heterocycles. The molecule has 0 aromatic heterocycles. The van der Waals surface area contributed by atoms with Crippen LogP contribution in [0, 0.1) is 11.8 Å². The molecule has 0 aromatic rings. The van der Waals surface area contributed by atoms with Crippen molar-refractivity contribution in [2.45, 2.75) is 19.3 Å². The zero-order valence-corrected chi connectivity index (χ0v) is 9.42.